The van der Waals surface area contributed by atoms with E-state index in [-0.39, 0.29) is 12.5 Å². The Hall–Kier alpha value is -3.75. The average Bonchev–Trinajstić information content (AvgIpc) is 3.15. The van der Waals surface area contributed by atoms with Crippen LogP contribution in [-0.2, 0) is 14.3 Å². The summed E-state index contributed by atoms with van der Waals surface area (Å²) in [5.74, 6) is -15.5. The van der Waals surface area contributed by atoms with Crippen molar-refractivity contribution in [2.45, 2.75) is 18.8 Å². The minimum Gasteiger partial charge on any atom is -0.465 e. The molecule has 0 aromatic heterocycles. The van der Waals surface area contributed by atoms with Crippen molar-refractivity contribution in [3.05, 3.63) is 88.7 Å². The first-order valence-electron chi connectivity index (χ1n) is 9.85. The van der Waals surface area contributed by atoms with E-state index < -0.39 is 59.6 Å². The van der Waals surface area contributed by atoms with Gasteiger partial charge in [0, 0.05) is 5.92 Å². The predicted molar refractivity (Wildman–Crippen MR) is 106 cm³/mol. The standard InChI is InChI=1S/C24H15F5O4/c25-19-20(26)22(28)24(23(29)21(19)27)33-18(31)10-9-17(30)32-11-16-14-7-3-1-5-12(14)13-6-2-4-8-15(13)16/h1-8,16H,9-11H2. The van der Waals surface area contributed by atoms with E-state index >= 15 is 0 Å². The van der Waals surface area contributed by atoms with Gasteiger partial charge in [-0.1, -0.05) is 48.5 Å². The van der Waals surface area contributed by atoms with Gasteiger partial charge in [-0.3, -0.25) is 9.59 Å². The molecule has 0 bridgehead atoms. The van der Waals surface area contributed by atoms with Crippen LogP contribution in [0.1, 0.15) is 29.9 Å². The van der Waals surface area contributed by atoms with E-state index in [4.69, 9.17) is 4.74 Å². The zero-order valence-electron chi connectivity index (χ0n) is 16.8. The molecule has 0 aliphatic heterocycles. The van der Waals surface area contributed by atoms with Crippen molar-refractivity contribution in [2.24, 2.45) is 0 Å². The molecule has 4 rings (SSSR count). The van der Waals surface area contributed by atoms with Crippen molar-refractivity contribution in [1.82, 2.24) is 0 Å². The lowest BCUT2D eigenvalue weighted by Gasteiger charge is -2.14. The number of hydrogen-bond acceptors (Lipinski definition) is 4. The Labute approximate surface area is 184 Å². The van der Waals surface area contributed by atoms with Gasteiger partial charge in [-0.2, -0.15) is 8.78 Å². The first kappa shape index (κ1) is 22.4. The highest BCUT2D eigenvalue weighted by molar-refractivity contribution is 5.80. The molecule has 0 saturated heterocycles. The zero-order chi connectivity index (χ0) is 23.7. The van der Waals surface area contributed by atoms with Crippen LogP contribution in [0.2, 0.25) is 0 Å². The summed E-state index contributed by atoms with van der Waals surface area (Å²) in [4.78, 5) is 23.9. The summed E-state index contributed by atoms with van der Waals surface area (Å²) >= 11 is 0. The molecular weight excluding hydrogens is 447 g/mol. The average molecular weight is 462 g/mol. The second-order valence-electron chi connectivity index (χ2n) is 7.28. The van der Waals surface area contributed by atoms with Crippen LogP contribution in [0.15, 0.2) is 48.5 Å². The molecule has 0 N–H and O–H groups in total. The van der Waals surface area contributed by atoms with Gasteiger partial charge >= 0.3 is 11.9 Å². The lowest BCUT2D eigenvalue weighted by atomic mass is 9.98. The number of benzene rings is 3. The SMILES string of the molecule is O=C(CCC(=O)Oc1c(F)c(F)c(F)c(F)c1F)OCC1c2ccccc2-c2ccccc21. The Morgan fingerprint density at radius 1 is 0.667 bits per heavy atom. The quantitative estimate of drug-likeness (QED) is 0.161. The van der Waals surface area contributed by atoms with Crippen LogP contribution in [0.25, 0.3) is 11.1 Å². The number of carbonyl (C=O) groups is 2. The molecule has 0 atom stereocenters. The Kier molecular flexibility index (Phi) is 6.13. The molecule has 0 unspecified atom stereocenters. The number of carbonyl (C=O) groups excluding carboxylic acids is 2. The zero-order valence-corrected chi connectivity index (χ0v) is 16.8. The molecule has 3 aromatic rings. The van der Waals surface area contributed by atoms with E-state index in [1.807, 2.05) is 48.5 Å². The summed E-state index contributed by atoms with van der Waals surface area (Å²) in [5, 5.41) is 0. The minimum absolute atomic E-state index is 0.000448. The van der Waals surface area contributed by atoms with Crippen LogP contribution in [0, 0.1) is 29.1 Å². The van der Waals surface area contributed by atoms with Crippen LogP contribution in [0.4, 0.5) is 22.0 Å². The molecule has 0 saturated carbocycles. The fraction of sp³-hybridized carbons (Fsp3) is 0.167. The third kappa shape index (κ3) is 4.18. The molecule has 0 amide bonds. The lowest BCUT2D eigenvalue weighted by Crippen LogP contribution is -2.17. The molecule has 1 aliphatic rings. The Morgan fingerprint density at radius 2 is 1.12 bits per heavy atom. The van der Waals surface area contributed by atoms with Crippen molar-refractivity contribution in [3.8, 4) is 16.9 Å². The predicted octanol–water partition coefficient (Wildman–Crippen LogP) is 5.42. The third-order valence-corrected chi connectivity index (χ3v) is 5.29. The first-order chi connectivity index (χ1) is 15.8. The van der Waals surface area contributed by atoms with Crippen LogP contribution < -0.4 is 4.74 Å². The molecule has 1 aliphatic carbocycles. The number of halogens is 5. The van der Waals surface area contributed by atoms with Crippen LogP contribution in [0.3, 0.4) is 0 Å². The van der Waals surface area contributed by atoms with Crippen molar-refractivity contribution in [1.29, 1.82) is 0 Å². The van der Waals surface area contributed by atoms with Crippen LogP contribution in [-0.4, -0.2) is 18.5 Å². The van der Waals surface area contributed by atoms with E-state index in [9.17, 15) is 31.5 Å². The molecule has 0 fully saturated rings. The third-order valence-electron chi connectivity index (χ3n) is 5.29. The maximum atomic E-state index is 13.6. The van der Waals surface area contributed by atoms with Gasteiger partial charge in [0.1, 0.15) is 6.61 Å². The van der Waals surface area contributed by atoms with Crippen molar-refractivity contribution in [3.63, 3.8) is 0 Å². The number of fused-ring (bicyclic) bond motifs is 3. The first-order valence-corrected chi connectivity index (χ1v) is 9.85. The number of rotatable bonds is 6. The summed E-state index contributed by atoms with van der Waals surface area (Å²) in [5.41, 5.74) is 4.02. The topological polar surface area (TPSA) is 52.6 Å². The second kappa shape index (κ2) is 9.01. The summed E-state index contributed by atoms with van der Waals surface area (Å²) in [6.45, 7) is -0.000448. The van der Waals surface area contributed by atoms with Crippen LogP contribution >= 0.6 is 0 Å². The van der Waals surface area contributed by atoms with Crippen LogP contribution in [0.5, 0.6) is 5.75 Å². The van der Waals surface area contributed by atoms with E-state index in [1.54, 1.807) is 0 Å². The molecule has 0 heterocycles. The molecule has 33 heavy (non-hydrogen) atoms. The van der Waals surface area contributed by atoms with Crippen molar-refractivity contribution < 1.29 is 41.0 Å². The molecule has 170 valence electrons. The van der Waals surface area contributed by atoms with Gasteiger partial charge in [0.15, 0.2) is 0 Å². The van der Waals surface area contributed by atoms with Crippen molar-refractivity contribution >= 4 is 11.9 Å². The minimum atomic E-state index is -2.37. The smallest absolute Gasteiger partial charge is 0.311 e. The Morgan fingerprint density at radius 3 is 1.67 bits per heavy atom. The fourth-order valence-corrected chi connectivity index (χ4v) is 3.73. The maximum Gasteiger partial charge on any atom is 0.311 e. The fourth-order valence-electron chi connectivity index (χ4n) is 3.73. The van der Waals surface area contributed by atoms with E-state index in [0.29, 0.717) is 0 Å². The highest BCUT2D eigenvalue weighted by Gasteiger charge is 2.30. The number of hydrogen-bond donors (Lipinski definition) is 0. The number of esters is 2. The van der Waals surface area contributed by atoms with Gasteiger partial charge in [0.25, 0.3) is 0 Å². The molecule has 0 radical (unpaired) electrons. The molecule has 3 aromatic carbocycles. The summed E-state index contributed by atoms with van der Waals surface area (Å²) in [7, 11) is 0. The van der Waals surface area contributed by atoms with E-state index in [0.717, 1.165) is 22.3 Å². The lowest BCUT2D eigenvalue weighted by molar-refractivity contribution is -0.147. The molecular formula is C24H15F5O4. The normalized spacial score (nSPS) is 12.3. The second-order valence-corrected chi connectivity index (χ2v) is 7.28. The Bertz CT molecular complexity index is 1180. The summed E-state index contributed by atoms with van der Waals surface area (Å²) < 4.78 is 76.2. The van der Waals surface area contributed by atoms with Gasteiger partial charge in [-0.15, -0.1) is 0 Å². The largest absolute Gasteiger partial charge is 0.465 e. The summed E-state index contributed by atoms with van der Waals surface area (Å²) in [6.07, 6.45) is -1.19. The van der Waals surface area contributed by atoms with Crippen molar-refractivity contribution in [2.75, 3.05) is 6.61 Å². The number of ether oxygens (including phenoxy) is 2. The monoisotopic (exact) mass is 462 g/mol. The highest BCUT2D eigenvalue weighted by Crippen LogP contribution is 2.44. The molecule has 0 spiro atoms. The molecule has 9 heteroatoms. The maximum absolute atomic E-state index is 13.6. The molecule has 4 nitrogen and oxygen atoms in total. The summed E-state index contributed by atoms with van der Waals surface area (Å²) in [6, 6.07) is 15.3. The van der Waals surface area contributed by atoms with Gasteiger partial charge in [-0.25, -0.2) is 13.2 Å². The van der Waals surface area contributed by atoms with Gasteiger partial charge < -0.3 is 9.47 Å². The van der Waals surface area contributed by atoms with E-state index in [1.165, 1.54) is 0 Å². The van der Waals surface area contributed by atoms with Gasteiger partial charge in [0.05, 0.1) is 12.8 Å². The van der Waals surface area contributed by atoms with E-state index in [2.05, 4.69) is 4.74 Å². The highest BCUT2D eigenvalue weighted by atomic mass is 19.2. The Balaban J connectivity index is 1.36. The van der Waals surface area contributed by atoms with Gasteiger partial charge in [-0.05, 0) is 22.3 Å². The van der Waals surface area contributed by atoms with Gasteiger partial charge in [0.2, 0.25) is 34.8 Å².